The number of pyridine rings is 3. The highest BCUT2D eigenvalue weighted by Crippen LogP contribution is 2.26. The minimum absolute atomic E-state index is 0.124. The minimum Gasteiger partial charge on any atom is -0.384 e. The second-order valence-electron chi connectivity index (χ2n) is 10.4. The van der Waals surface area contributed by atoms with Crippen molar-refractivity contribution in [3.05, 3.63) is 94.2 Å². The van der Waals surface area contributed by atoms with Crippen LogP contribution in [0.25, 0.3) is 10.9 Å². The van der Waals surface area contributed by atoms with Gasteiger partial charge in [0.15, 0.2) is 5.43 Å². The van der Waals surface area contributed by atoms with Crippen molar-refractivity contribution in [2.75, 3.05) is 23.7 Å². The monoisotopic (exact) mass is 496 g/mol. The smallest absolute Gasteiger partial charge is 0.193 e. The average Bonchev–Trinajstić information content (AvgIpc) is 2.90. The summed E-state index contributed by atoms with van der Waals surface area (Å²) in [5.74, 6) is 0.532. The Balaban J connectivity index is 1.50. The van der Waals surface area contributed by atoms with Crippen molar-refractivity contribution in [3.63, 3.8) is 0 Å². The van der Waals surface area contributed by atoms with Crippen LogP contribution in [-0.2, 0) is 13.1 Å². The van der Waals surface area contributed by atoms with Gasteiger partial charge in [-0.25, -0.2) is 4.98 Å². The van der Waals surface area contributed by atoms with Gasteiger partial charge in [-0.1, -0.05) is 12.1 Å². The molecule has 0 saturated carbocycles. The van der Waals surface area contributed by atoms with Crippen molar-refractivity contribution < 1.29 is 0 Å². The van der Waals surface area contributed by atoms with Crippen LogP contribution in [0.2, 0.25) is 0 Å². The van der Waals surface area contributed by atoms with Crippen molar-refractivity contribution >= 4 is 22.4 Å². The number of aryl methyl sites for hydroxylation is 1. The fourth-order valence-electron chi connectivity index (χ4n) is 5.44. The summed E-state index contributed by atoms with van der Waals surface area (Å²) in [5, 5.41) is 0.784. The largest absolute Gasteiger partial charge is 0.384 e. The maximum Gasteiger partial charge on any atom is 0.193 e. The number of hydrogen-bond acceptors (Lipinski definition) is 6. The highest BCUT2D eigenvalue weighted by Gasteiger charge is 2.27. The molecule has 0 unspecified atom stereocenters. The minimum atomic E-state index is 0.124. The van der Waals surface area contributed by atoms with Gasteiger partial charge in [-0.05, 0) is 75.6 Å². The lowest BCUT2D eigenvalue weighted by Crippen LogP contribution is -2.48. The molecule has 192 valence electrons. The van der Waals surface area contributed by atoms with Crippen LogP contribution >= 0.6 is 0 Å². The number of piperidine rings is 1. The normalized spacial score (nSPS) is 16.1. The average molecular weight is 497 g/mol. The number of rotatable bonds is 7. The van der Waals surface area contributed by atoms with Gasteiger partial charge in [0.05, 0.1) is 17.4 Å². The Morgan fingerprint density at radius 1 is 1.11 bits per heavy atom. The Bertz CT molecular complexity index is 1430. The first-order valence-electron chi connectivity index (χ1n) is 13.1. The quantitative estimate of drug-likeness (QED) is 0.391. The van der Waals surface area contributed by atoms with Crippen molar-refractivity contribution in [2.24, 2.45) is 0 Å². The van der Waals surface area contributed by atoms with Gasteiger partial charge in [0.2, 0.25) is 0 Å². The van der Waals surface area contributed by atoms with E-state index in [4.69, 9.17) is 5.73 Å². The van der Waals surface area contributed by atoms with Crippen LogP contribution in [0.15, 0.2) is 71.9 Å². The van der Waals surface area contributed by atoms with E-state index in [1.54, 1.807) is 0 Å². The maximum atomic E-state index is 13.7. The van der Waals surface area contributed by atoms with Gasteiger partial charge < -0.3 is 15.2 Å². The molecule has 2 N–H and O–H groups in total. The summed E-state index contributed by atoms with van der Waals surface area (Å²) in [6, 6.07) is 16.6. The molecule has 7 nitrogen and oxygen atoms in total. The molecule has 7 heteroatoms. The summed E-state index contributed by atoms with van der Waals surface area (Å²) in [7, 11) is 0. The van der Waals surface area contributed by atoms with Crippen LogP contribution in [-0.4, -0.2) is 38.6 Å². The summed E-state index contributed by atoms with van der Waals surface area (Å²) >= 11 is 0. The molecule has 1 aliphatic rings. The molecule has 5 rings (SSSR count). The number of para-hydroxylation sites is 1. The van der Waals surface area contributed by atoms with Gasteiger partial charge in [0.25, 0.3) is 0 Å². The summed E-state index contributed by atoms with van der Waals surface area (Å²) in [6.45, 7) is 9.57. The van der Waals surface area contributed by atoms with E-state index >= 15 is 0 Å². The van der Waals surface area contributed by atoms with Crippen molar-refractivity contribution in [1.82, 2.24) is 19.4 Å². The van der Waals surface area contributed by atoms with Gasteiger partial charge in [-0.2, -0.15) is 0 Å². The number of aromatic nitrogens is 3. The third kappa shape index (κ3) is 5.52. The van der Waals surface area contributed by atoms with E-state index in [1.165, 1.54) is 5.56 Å². The standard InChI is InChI=1S/C30H36N6O/c1-21(2)36-19-24(30(37)27-8-4-5-9-28(27)36)18-35(17-23-12-13-32-22(3)15-23)26-7-6-14-34(20-26)25-10-11-29(31)33-16-25/h4-5,8-13,15-16,19,21,26H,6-7,14,17-18,20H2,1-3H3,(H2,31,33)/t26-/m0/s1. The third-order valence-corrected chi connectivity index (χ3v) is 7.34. The zero-order chi connectivity index (χ0) is 25.9. The molecular weight excluding hydrogens is 460 g/mol. The first-order valence-corrected chi connectivity index (χ1v) is 13.1. The molecule has 37 heavy (non-hydrogen) atoms. The lowest BCUT2D eigenvalue weighted by molar-refractivity contribution is 0.158. The van der Waals surface area contributed by atoms with E-state index in [0.29, 0.717) is 12.4 Å². The summed E-state index contributed by atoms with van der Waals surface area (Å²) in [6.07, 6.45) is 7.96. The number of nitrogens with two attached hydrogens (primary N) is 1. The summed E-state index contributed by atoms with van der Waals surface area (Å²) in [4.78, 5) is 27.2. The fraction of sp³-hybridized carbons (Fsp3) is 0.367. The van der Waals surface area contributed by atoms with Crippen LogP contribution in [0, 0.1) is 6.92 Å². The number of anilines is 2. The molecule has 0 bridgehead atoms. The molecule has 4 heterocycles. The maximum absolute atomic E-state index is 13.7. The van der Waals surface area contributed by atoms with Gasteiger partial charge in [0, 0.05) is 67.3 Å². The lowest BCUT2D eigenvalue weighted by Gasteiger charge is -2.40. The first-order chi connectivity index (χ1) is 17.9. The Morgan fingerprint density at radius 3 is 2.70 bits per heavy atom. The van der Waals surface area contributed by atoms with E-state index in [0.717, 1.165) is 60.3 Å². The number of benzene rings is 1. The second kappa shape index (κ2) is 10.7. The topological polar surface area (TPSA) is 80.3 Å². The van der Waals surface area contributed by atoms with Gasteiger partial charge in [-0.3, -0.25) is 14.7 Å². The fourth-order valence-corrected chi connectivity index (χ4v) is 5.44. The molecule has 1 fully saturated rings. The Hall–Kier alpha value is -3.71. The van der Waals surface area contributed by atoms with E-state index in [2.05, 4.69) is 56.5 Å². The van der Waals surface area contributed by atoms with Crippen LogP contribution in [0.3, 0.4) is 0 Å². The molecule has 1 aliphatic heterocycles. The Kier molecular flexibility index (Phi) is 7.24. The summed E-state index contributed by atoms with van der Waals surface area (Å²) in [5.41, 5.74) is 11.1. The van der Waals surface area contributed by atoms with E-state index in [1.807, 2.05) is 55.7 Å². The number of nitrogen functional groups attached to an aromatic ring is 1. The van der Waals surface area contributed by atoms with Gasteiger partial charge in [-0.15, -0.1) is 0 Å². The summed E-state index contributed by atoms with van der Waals surface area (Å²) < 4.78 is 2.23. The van der Waals surface area contributed by atoms with Gasteiger partial charge >= 0.3 is 0 Å². The highest BCUT2D eigenvalue weighted by atomic mass is 16.1. The highest BCUT2D eigenvalue weighted by molar-refractivity contribution is 5.79. The van der Waals surface area contributed by atoms with Crippen LogP contribution in [0.1, 0.15) is 49.6 Å². The van der Waals surface area contributed by atoms with Gasteiger partial charge in [0.1, 0.15) is 5.82 Å². The molecule has 1 aromatic carbocycles. The van der Waals surface area contributed by atoms with Crippen LogP contribution in [0.5, 0.6) is 0 Å². The lowest BCUT2D eigenvalue weighted by atomic mass is 10.0. The molecular formula is C30H36N6O. The molecule has 1 atom stereocenters. The third-order valence-electron chi connectivity index (χ3n) is 7.34. The van der Waals surface area contributed by atoms with E-state index < -0.39 is 0 Å². The molecule has 1 saturated heterocycles. The molecule has 0 spiro atoms. The first kappa shape index (κ1) is 25.0. The molecule has 0 aliphatic carbocycles. The van der Waals surface area contributed by atoms with Crippen molar-refractivity contribution in [2.45, 2.75) is 58.8 Å². The van der Waals surface area contributed by atoms with Crippen molar-refractivity contribution in [3.8, 4) is 0 Å². The molecule has 3 aromatic heterocycles. The van der Waals surface area contributed by atoms with Crippen LogP contribution in [0.4, 0.5) is 11.5 Å². The van der Waals surface area contributed by atoms with E-state index in [9.17, 15) is 4.79 Å². The number of hydrogen-bond donors (Lipinski definition) is 1. The zero-order valence-electron chi connectivity index (χ0n) is 22.0. The Labute approximate surface area is 218 Å². The predicted octanol–water partition coefficient (Wildman–Crippen LogP) is 4.93. The van der Waals surface area contributed by atoms with Crippen LogP contribution < -0.4 is 16.1 Å². The number of fused-ring (bicyclic) bond motifs is 1. The SMILES string of the molecule is Cc1cc(CN(Cc2cn(C(C)C)c3ccccc3c2=O)[C@H]2CCCN(c3ccc(N)nc3)C2)ccn1. The molecule has 0 amide bonds. The zero-order valence-corrected chi connectivity index (χ0v) is 22.0. The van der Waals surface area contributed by atoms with E-state index in [-0.39, 0.29) is 17.5 Å². The second-order valence-corrected chi connectivity index (χ2v) is 10.4. The molecule has 4 aromatic rings. The number of nitrogens with zero attached hydrogens (tertiary/aromatic N) is 5. The Morgan fingerprint density at radius 2 is 1.95 bits per heavy atom. The van der Waals surface area contributed by atoms with Crippen molar-refractivity contribution in [1.29, 1.82) is 0 Å². The predicted molar refractivity (Wildman–Crippen MR) is 151 cm³/mol. The molecule has 0 radical (unpaired) electrons.